The molecule has 2 unspecified atom stereocenters. The molecular weight excluding hydrogens is 839 g/mol. The van der Waals surface area contributed by atoms with Crippen molar-refractivity contribution in [2.75, 3.05) is 13.2 Å². The van der Waals surface area contributed by atoms with Gasteiger partial charge in [-0.3, -0.25) is 9.59 Å². The number of carbonyl (C=O) groups excluding carboxylic acids is 2. The van der Waals surface area contributed by atoms with Crippen LogP contribution in [0, 0.1) is 0 Å². The summed E-state index contributed by atoms with van der Waals surface area (Å²) < 4.78 is 5.48. The summed E-state index contributed by atoms with van der Waals surface area (Å²) in [6, 6.07) is -0.555. The quantitative estimate of drug-likeness (QED) is 0.0417. The smallest absolute Gasteiger partial charge is 0.305 e. The number of aliphatic hydroxyl groups excluding tert-OH is 2. The van der Waals surface area contributed by atoms with Crippen LogP contribution < -0.4 is 5.32 Å². The molecule has 0 bridgehead atoms. The second-order valence-corrected chi connectivity index (χ2v) is 21.8. The number of hydrogen-bond donors (Lipinski definition) is 3. The van der Waals surface area contributed by atoms with E-state index in [4.69, 9.17) is 4.74 Å². The van der Waals surface area contributed by atoms with Crippen LogP contribution in [0.15, 0.2) is 0 Å². The average Bonchev–Trinajstić information content (AvgIpc) is 3.34. The Morgan fingerprint density at radius 2 is 0.603 bits per heavy atom. The van der Waals surface area contributed by atoms with Crippen molar-refractivity contribution in [2.24, 2.45) is 0 Å². The molecule has 0 aromatic heterocycles. The van der Waals surface area contributed by atoms with Gasteiger partial charge in [0.25, 0.3) is 0 Å². The van der Waals surface area contributed by atoms with Crippen molar-refractivity contribution in [1.82, 2.24) is 5.32 Å². The minimum atomic E-state index is -0.676. The first-order valence-electron chi connectivity index (χ1n) is 31.3. The number of carbonyl (C=O) groups is 2. The van der Waals surface area contributed by atoms with Gasteiger partial charge in [0.15, 0.2) is 0 Å². The van der Waals surface area contributed by atoms with Crippen LogP contribution in [-0.4, -0.2) is 47.4 Å². The van der Waals surface area contributed by atoms with E-state index in [2.05, 4.69) is 19.2 Å². The average molecular weight is 963 g/mol. The van der Waals surface area contributed by atoms with E-state index in [-0.39, 0.29) is 18.5 Å². The van der Waals surface area contributed by atoms with Crippen LogP contribution in [0.1, 0.15) is 361 Å². The molecule has 0 radical (unpaired) electrons. The fraction of sp³-hybridized carbons (Fsp3) is 0.968. The number of amides is 1. The maximum atomic E-state index is 12.5. The molecule has 6 heteroatoms. The summed E-state index contributed by atoms with van der Waals surface area (Å²) in [7, 11) is 0. The Morgan fingerprint density at radius 1 is 0.353 bits per heavy atom. The Labute approximate surface area is 426 Å². The molecule has 0 aromatic rings. The minimum Gasteiger partial charge on any atom is -0.466 e. The predicted octanol–water partition coefficient (Wildman–Crippen LogP) is 19.5. The van der Waals surface area contributed by atoms with E-state index in [0.29, 0.717) is 25.9 Å². The Bertz CT molecular complexity index is 975. The topological polar surface area (TPSA) is 95.9 Å². The highest BCUT2D eigenvalue weighted by atomic mass is 16.5. The zero-order valence-electron chi connectivity index (χ0n) is 46.4. The summed E-state index contributed by atoms with van der Waals surface area (Å²) in [6.45, 7) is 4.95. The van der Waals surface area contributed by atoms with Crippen molar-refractivity contribution < 1.29 is 24.5 Å². The van der Waals surface area contributed by atoms with E-state index < -0.39 is 12.1 Å². The lowest BCUT2D eigenvalue weighted by Gasteiger charge is -2.22. The van der Waals surface area contributed by atoms with Gasteiger partial charge in [-0.25, -0.2) is 0 Å². The van der Waals surface area contributed by atoms with E-state index in [1.807, 2.05) is 0 Å². The third kappa shape index (κ3) is 54.2. The van der Waals surface area contributed by atoms with Crippen molar-refractivity contribution >= 4 is 11.9 Å². The fourth-order valence-corrected chi connectivity index (χ4v) is 10.1. The van der Waals surface area contributed by atoms with E-state index in [9.17, 15) is 19.8 Å². The molecule has 0 aliphatic carbocycles. The Morgan fingerprint density at radius 3 is 0.897 bits per heavy atom. The summed E-state index contributed by atoms with van der Waals surface area (Å²) in [5.74, 6) is -0.0562. The zero-order chi connectivity index (χ0) is 49.3. The van der Waals surface area contributed by atoms with Crippen LogP contribution in [0.5, 0.6) is 0 Å². The summed E-state index contributed by atoms with van der Waals surface area (Å²) in [6.07, 6.45) is 68.2. The Balaban J connectivity index is 3.43. The SMILES string of the molecule is CCCCCCCCCCCCCCCCCCCCCCCCCC(O)C(CO)NC(=O)CCCCCCCCCCCCCOC(=O)CCCCCCCCCCCCCCCCCCC. The molecule has 1 amide bonds. The molecule has 0 aliphatic rings. The molecule has 0 aromatic carbocycles. The van der Waals surface area contributed by atoms with Gasteiger partial charge in [0.1, 0.15) is 0 Å². The molecule has 0 aliphatic heterocycles. The van der Waals surface area contributed by atoms with Crippen LogP contribution >= 0.6 is 0 Å². The number of unbranched alkanes of at least 4 members (excludes halogenated alkanes) is 48. The molecule has 0 saturated carbocycles. The Kier molecular flexibility index (Phi) is 57.5. The molecule has 406 valence electrons. The van der Waals surface area contributed by atoms with Gasteiger partial charge in [0, 0.05) is 12.8 Å². The lowest BCUT2D eigenvalue weighted by molar-refractivity contribution is -0.143. The first-order chi connectivity index (χ1) is 33.5. The number of hydrogen-bond acceptors (Lipinski definition) is 5. The van der Waals surface area contributed by atoms with Gasteiger partial charge in [-0.1, -0.05) is 322 Å². The van der Waals surface area contributed by atoms with E-state index in [1.54, 1.807) is 0 Å². The van der Waals surface area contributed by atoms with Crippen LogP contribution in [0.2, 0.25) is 0 Å². The lowest BCUT2D eigenvalue weighted by atomic mass is 10.0. The molecule has 3 N–H and O–H groups in total. The maximum absolute atomic E-state index is 12.5. The number of esters is 1. The van der Waals surface area contributed by atoms with Crippen molar-refractivity contribution in [3.63, 3.8) is 0 Å². The summed E-state index contributed by atoms with van der Waals surface area (Å²) in [5.41, 5.74) is 0. The van der Waals surface area contributed by atoms with Gasteiger partial charge < -0.3 is 20.3 Å². The summed E-state index contributed by atoms with van der Waals surface area (Å²) in [4.78, 5) is 24.6. The summed E-state index contributed by atoms with van der Waals surface area (Å²) >= 11 is 0. The fourth-order valence-electron chi connectivity index (χ4n) is 10.1. The summed E-state index contributed by atoms with van der Waals surface area (Å²) in [5, 5.41) is 23.4. The van der Waals surface area contributed by atoms with Gasteiger partial charge >= 0.3 is 5.97 Å². The van der Waals surface area contributed by atoms with Crippen LogP contribution in [-0.2, 0) is 14.3 Å². The van der Waals surface area contributed by atoms with Crippen LogP contribution in [0.3, 0.4) is 0 Å². The second-order valence-electron chi connectivity index (χ2n) is 21.8. The molecule has 68 heavy (non-hydrogen) atoms. The first kappa shape index (κ1) is 66.9. The molecule has 0 heterocycles. The van der Waals surface area contributed by atoms with Gasteiger partial charge in [0.05, 0.1) is 25.4 Å². The second kappa shape index (κ2) is 58.4. The number of ether oxygens (including phenoxy) is 1. The molecule has 0 spiro atoms. The standard InChI is InChI=1S/C62H123NO5/c1-3-5-7-9-11-13-15-17-19-21-22-23-24-25-26-28-29-31-34-38-42-46-50-54-60(65)59(58-64)63-61(66)55-51-47-43-39-35-33-37-41-45-49-53-57-68-62(67)56-52-48-44-40-36-32-30-27-20-18-16-14-12-10-8-6-4-2/h59-60,64-65H,3-58H2,1-2H3,(H,63,66). The highest BCUT2D eigenvalue weighted by Crippen LogP contribution is 2.19. The molecular formula is C62H123NO5. The van der Waals surface area contributed by atoms with E-state index in [0.717, 1.165) is 57.8 Å². The van der Waals surface area contributed by atoms with E-state index >= 15 is 0 Å². The largest absolute Gasteiger partial charge is 0.466 e. The lowest BCUT2D eigenvalue weighted by Crippen LogP contribution is -2.45. The Hall–Kier alpha value is -1.14. The highest BCUT2D eigenvalue weighted by molar-refractivity contribution is 5.76. The molecule has 0 saturated heterocycles. The molecule has 6 nitrogen and oxygen atoms in total. The molecule has 0 fully saturated rings. The zero-order valence-corrected chi connectivity index (χ0v) is 46.4. The highest BCUT2D eigenvalue weighted by Gasteiger charge is 2.20. The van der Waals surface area contributed by atoms with Crippen molar-refractivity contribution in [2.45, 2.75) is 373 Å². The predicted molar refractivity (Wildman–Crippen MR) is 297 cm³/mol. The van der Waals surface area contributed by atoms with Crippen LogP contribution in [0.25, 0.3) is 0 Å². The van der Waals surface area contributed by atoms with Gasteiger partial charge in [0.2, 0.25) is 5.91 Å². The van der Waals surface area contributed by atoms with Crippen LogP contribution in [0.4, 0.5) is 0 Å². The van der Waals surface area contributed by atoms with Gasteiger partial charge in [-0.05, 0) is 25.7 Å². The van der Waals surface area contributed by atoms with Crippen molar-refractivity contribution in [1.29, 1.82) is 0 Å². The molecule has 0 rings (SSSR count). The minimum absolute atomic E-state index is 0.00787. The monoisotopic (exact) mass is 962 g/mol. The van der Waals surface area contributed by atoms with Gasteiger partial charge in [-0.2, -0.15) is 0 Å². The third-order valence-electron chi connectivity index (χ3n) is 14.9. The third-order valence-corrected chi connectivity index (χ3v) is 14.9. The first-order valence-corrected chi connectivity index (χ1v) is 31.3. The number of aliphatic hydroxyl groups is 2. The number of rotatable bonds is 59. The van der Waals surface area contributed by atoms with Crippen molar-refractivity contribution in [3.05, 3.63) is 0 Å². The number of nitrogens with one attached hydrogen (secondary N) is 1. The normalized spacial score (nSPS) is 12.5. The molecule has 2 atom stereocenters. The maximum Gasteiger partial charge on any atom is 0.305 e. The van der Waals surface area contributed by atoms with Crippen molar-refractivity contribution in [3.8, 4) is 0 Å². The van der Waals surface area contributed by atoms with Gasteiger partial charge in [-0.15, -0.1) is 0 Å². The van der Waals surface area contributed by atoms with E-state index in [1.165, 1.54) is 270 Å².